The fraction of sp³-hybridized carbons (Fsp3) is 0.474. The minimum Gasteiger partial charge on any atom is -0.465 e. The Bertz CT molecular complexity index is 597. The zero-order valence-corrected chi connectivity index (χ0v) is 15.3. The van der Waals surface area contributed by atoms with Gasteiger partial charge in [-0.3, -0.25) is 0 Å². The molecule has 1 aromatic carbocycles. The summed E-state index contributed by atoms with van der Waals surface area (Å²) in [5, 5.41) is 3.29. The number of hydrogen-bond donors (Lipinski definition) is 1. The monoisotopic (exact) mass is 333 g/mol. The highest BCUT2D eigenvalue weighted by Gasteiger charge is 2.22. The number of methoxy groups -OCH3 is 1. The molecule has 1 N–H and O–H groups in total. The summed E-state index contributed by atoms with van der Waals surface area (Å²) >= 11 is 0. The summed E-state index contributed by atoms with van der Waals surface area (Å²) in [6.07, 6.45) is 1.77. The lowest BCUT2D eigenvalue weighted by Crippen LogP contribution is -2.34. The maximum atomic E-state index is 12.2. The molecule has 5 nitrogen and oxygen atoms in total. The molecular weight excluding hydrogens is 306 g/mol. The molecule has 0 fully saturated rings. The first-order valence-corrected chi connectivity index (χ1v) is 7.98. The molecular formula is C19H27NO4. The Balaban J connectivity index is 2.65. The second-order valence-corrected chi connectivity index (χ2v) is 6.54. The largest absolute Gasteiger partial charge is 0.465 e. The summed E-state index contributed by atoms with van der Waals surface area (Å²) < 4.78 is 10.1. The number of carbonyl (C=O) groups excluding carboxylic acids is 2. The molecule has 1 atom stereocenters. The van der Waals surface area contributed by atoms with Gasteiger partial charge in [0.25, 0.3) is 0 Å². The van der Waals surface area contributed by atoms with Crippen LogP contribution in [0.25, 0.3) is 0 Å². The SMILES string of the molecule is C/C=C(/C(=O)OC(C)(C)C)C(C)NCc1ccc(C(=O)OC)cc1. The van der Waals surface area contributed by atoms with E-state index in [9.17, 15) is 9.59 Å². The number of esters is 2. The van der Waals surface area contributed by atoms with Crippen LogP contribution in [-0.4, -0.2) is 30.7 Å². The van der Waals surface area contributed by atoms with Gasteiger partial charge in [0.05, 0.1) is 12.7 Å². The topological polar surface area (TPSA) is 64.6 Å². The molecule has 0 bridgehead atoms. The first-order valence-electron chi connectivity index (χ1n) is 7.98. The second-order valence-electron chi connectivity index (χ2n) is 6.54. The number of hydrogen-bond acceptors (Lipinski definition) is 5. The maximum absolute atomic E-state index is 12.2. The van der Waals surface area contributed by atoms with Crippen molar-refractivity contribution in [3.8, 4) is 0 Å². The van der Waals surface area contributed by atoms with Crippen LogP contribution in [-0.2, 0) is 20.8 Å². The van der Waals surface area contributed by atoms with Gasteiger partial charge >= 0.3 is 11.9 Å². The minimum absolute atomic E-state index is 0.148. The van der Waals surface area contributed by atoms with Crippen LogP contribution in [0.15, 0.2) is 35.9 Å². The molecule has 0 heterocycles. The van der Waals surface area contributed by atoms with Gasteiger partial charge in [0.1, 0.15) is 5.60 Å². The lowest BCUT2D eigenvalue weighted by molar-refractivity contribution is -0.150. The van der Waals surface area contributed by atoms with E-state index in [1.807, 2.05) is 46.8 Å². The van der Waals surface area contributed by atoms with Crippen LogP contribution in [0.4, 0.5) is 0 Å². The molecule has 0 aromatic heterocycles. The lowest BCUT2D eigenvalue weighted by Gasteiger charge is -2.23. The first-order chi connectivity index (χ1) is 11.2. The zero-order chi connectivity index (χ0) is 18.3. The van der Waals surface area contributed by atoms with Crippen molar-refractivity contribution in [1.82, 2.24) is 5.32 Å². The molecule has 1 unspecified atom stereocenters. The summed E-state index contributed by atoms with van der Waals surface area (Å²) in [5.41, 5.74) is 1.59. The fourth-order valence-corrected chi connectivity index (χ4v) is 2.14. The van der Waals surface area contributed by atoms with Crippen molar-refractivity contribution in [1.29, 1.82) is 0 Å². The van der Waals surface area contributed by atoms with Crippen molar-refractivity contribution in [3.05, 3.63) is 47.0 Å². The summed E-state index contributed by atoms with van der Waals surface area (Å²) in [6.45, 7) is 9.85. The molecule has 5 heteroatoms. The Kier molecular flexibility index (Phi) is 7.17. The van der Waals surface area contributed by atoms with Crippen molar-refractivity contribution in [2.45, 2.75) is 52.8 Å². The average molecular weight is 333 g/mol. The Hall–Kier alpha value is -2.14. The zero-order valence-electron chi connectivity index (χ0n) is 15.3. The number of carbonyl (C=O) groups is 2. The van der Waals surface area contributed by atoms with Crippen molar-refractivity contribution >= 4 is 11.9 Å². The van der Waals surface area contributed by atoms with E-state index in [0.29, 0.717) is 17.7 Å². The predicted octanol–water partition coefficient (Wildman–Crippen LogP) is 3.24. The van der Waals surface area contributed by atoms with Crippen LogP contribution >= 0.6 is 0 Å². The third-order valence-electron chi connectivity index (χ3n) is 3.40. The molecule has 0 amide bonds. The quantitative estimate of drug-likeness (QED) is 0.639. The summed E-state index contributed by atoms with van der Waals surface area (Å²) in [6, 6.07) is 7.00. The van der Waals surface area contributed by atoms with Crippen LogP contribution in [0.5, 0.6) is 0 Å². The smallest absolute Gasteiger partial charge is 0.337 e. The molecule has 0 saturated carbocycles. The number of ether oxygens (including phenoxy) is 2. The van der Waals surface area contributed by atoms with Gasteiger partial charge in [-0.05, 0) is 52.3 Å². The van der Waals surface area contributed by atoms with E-state index in [0.717, 1.165) is 5.56 Å². The molecule has 0 radical (unpaired) electrons. The van der Waals surface area contributed by atoms with Gasteiger partial charge in [-0.15, -0.1) is 0 Å². The summed E-state index contributed by atoms with van der Waals surface area (Å²) in [7, 11) is 1.36. The van der Waals surface area contributed by atoms with Gasteiger partial charge in [-0.2, -0.15) is 0 Å². The number of allylic oxidation sites excluding steroid dienone is 1. The second kappa shape index (κ2) is 8.64. The van der Waals surface area contributed by atoms with Crippen molar-refractivity contribution in [2.75, 3.05) is 7.11 Å². The standard InChI is InChI=1S/C19H27NO4/c1-7-16(18(22)24-19(3,4)5)13(2)20-12-14-8-10-15(11-9-14)17(21)23-6/h7-11,13,20H,12H2,1-6H3/b16-7+. The predicted molar refractivity (Wildman–Crippen MR) is 93.7 cm³/mol. The summed E-state index contributed by atoms with van der Waals surface area (Å²) in [5.74, 6) is -0.671. The van der Waals surface area contributed by atoms with Crippen LogP contribution in [0.2, 0.25) is 0 Å². The molecule has 0 aliphatic carbocycles. The molecule has 1 rings (SSSR count). The molecule has 0 aliphatic rings. The van der Waals surface area contributed by atoms with E-state index >= 15 is 0 Å². The van der Waals surface area contributed by atoms with Crippen LogP contribution in [0, 0.1) is 0 Å². The normalized spacial score (nSPS) is 13.3. The van der Waals surface area contributed by atoms with E-state index in [-0.39, 0.29) is 18.0 Å². The van der Waals surface area contributed by atoms with Gasteiger partial charge in [0, 0.05) is 18.2 Å². The number of benzene rings is 1. The van der Waals surface area contributed by atoms with Gasteiger partial charge in [0.15, 0.2) is 0 Å². The highest BCUT2D eigenvalue weighted by molar-refractivity contribution is 5.90. The fourth-order valence-electron chi connectivity index (χ4n) is 2.14. The van der Waals surface area contributed by atoms with E-state index < -0.39 is 5.60 Å². The highest BCUT2D eigenvalue weighted by Crippen LogP contribution is 2.14. The summed E-state index contributed by atoms with van der Waals surface area (Å²) in [4.78, 5) is 23.6. The van der Waals surface area contributed by atoms with Crippen molar-refractivity contribution in [3.63, 3.8) is 0 Å². The Morgan fingerprint density at radius 1 is 1.21 bits per heavy atom. The number of rotatable bonds is 6. The Labute approximate surface area is 144 Å². The van der Waals surface area contributed by atoms with Gasteiger partial charge in [0.2, 0.25) is 0 Å². The minimum atomic E-state index is -0.519. The van der Waals surface area contributed by atoms with Crippen molar-refractivity contribution < 1.29 is 19.1 Å². The molecule has 24 heavy (non-hydrogen) atoms. The Morgan fingerprint density at radius 2 is 1.79 bits per heavy atom. The average Bonchev–Trinajstić information content (AvgIpc) is 2.51. The molecule has 0 spiro atoms. The maximum Gasteiger partial charge on any atom is 0.337 e. The third kappa shape index (κ3) is 6.16. The van der Waals surface area contributed by atoms with Crippen LogP contribution in [0.3, 0.4) is 0 Å². The van der Waals surface area contributed by atoms with E-state index in [1.54, 1.807) is 18.2 Å². The molecule has 1 aromatic rings. The van der Waals surface area contributed by atoms with E-state index in [1.165, 1.54) is 7.11 Å². The lowest BCUT2D eigenvalue weighted by atomic mass is 10.1. The van der Waals surface area contributed by atoms with E-state index in [2.05, 4.69) is 10.1 Å². The molecule has 0 aliphatic heterocycles. The van der Waals surface area contributed by atoms with Gasteiger partial charge < -0.3 is 14.8 Å². The van der Waals surface area contributed by atoms with Crippen LogP contribution in [0.1, 0.15) is 50.5 Å². The highest BCUT2D eigenvalue weighted by atomic mass is 16.6. The van der Waals surface area contributed by atoms with Crippen LogP contribution < -0.4 is 5.32 Å². The molecule has 132 valence electrons. The van der Waals surface area contributed by atoms with Crippen molar-refractivity contribution in [2.24, 2.45) is 0 Å². The van der Waals surface area contributed by atoms with E-state index in [4.69, 9.17) is 4.74 Å². The number of nitrogens with one attached hydrogen (secondary N) is 1. The third-order valence-corrected chi connectivity index (χ3v) is 3.40. The van der Waals surface area contributed by atoms with Gasteiger partial charge in [-0.25, -0.2) is 9.59 Å². The molecule has 0 saturated heterocycles. The van der Waals surface area contributed by atoms with Gasteiger partial charge in [-0.1, -0.05) is 18.2 Å². The first kappa shape index (κ1) is 19.9. The Morgan fingerprint density at radius 3 is 2.25 bits per heavy atom.